The first kappa shape index (κ1) is 34.4. The van der Waals surface area contributed by atoms with Crippen molar-refractivity contribution in [2.75, 3.05) is 18.6 Å². The summed E-state index contributed by atoms with van der Waals surface area (Å²) in [4.78, 5) is 58.6. The molecule has 2 aromatic rings. The number of aromatic nitrogens is 1. The van der Waals surface area contributed by atoms with Crippen LogP contribution in [0.15, 0.2) is 35.5 Å². The monoisotopic (exact) mass is 604 g/mol. The van der Waals surface area contributed by atoms with Gasteiger partial charge in [-0.3, -0.25) is 19.4 Å². The largest absolute Gasteiger partial charge is 0.480 e. The molecular formula is C28H44N8O5S. The maximum Gasteiger partial charge on any atom is 0.326 e. The Kier molecular flexibility index (Phi) is 14.1. The number of aliphatic imine (C=N–C) groups is 1. The zero-order chi connectivity index (χ0) is 31.2. The molecule has 3 amide bonds. The van der Waals surface area contributed by atoms with Crippen molar-refractivity contribution in [3.8, 4) is 0 Å². The number of guanidine groups is 1. The minimum atomic E-state index is -1.17. The van der Waals surface area contributed by atoms with E-state index in [9.17, 15) is 24.3 Å². The number of hydrogen-bond acceptors (Lipinski definition) is 7. The van der Waals surface area contributed by atoms with E-state index in [0.29, 0.717) is 18.6 Å². The summed E-state index contributed by atoms with van der Waals surface area (Å²) >= 11 is 1.46. The Bertz CT molecular complexity index is 1230. The Balaban J connectivity index is 2.16. The first-order valence-corrected chi connectivity index (χ1v) is 15.4. The lowest BCUT2D eigenvalue weighted by Gasteiger charge is -2.28. The number of hydrogen-bond donors (Lipinski definition) is 8. The Morgan fingerprint density at radius 1 is 1.02 bits per heavy atom. The van der Waals surface area contributed by atoms with E-state index in [1.807, 2.05) is 50.6 Å². The summed E-state index contributed by atoms with van der Waals surface area (Å²) in [6, 6.07) is 3.59. The highest BCUT2D eigenvalue weighted by atomic mass is 32.2. The number of thioether (sulfide) groups is 1. The molecule has 0 fully saturated rings. The van der Waals surface area contributed by atoms with Crippen LogP contribution in [0.4, 0.5) is 0 Å². The van der Waals surface area contributed by atoms with Crippen molar-refractivity contribution in [1.29, 1.82) is 0 Å². The van der Waals surface area contributed by atoms with Gasteiger partial charge in [0.2, 0.25) is 17.7 Å². The van der Waals surface area contributed by atoms with E-state index in [1.54, 1.807) is 0 Å². The highest BCUT2D eigenvalue weighted by Gasteiger charge is 2.32. The average Bonchev–Trinajstić information content (AvgIpc) is 3.36. The normalized spacial score (nSPS) is 14.7. The Hall–Kier alpha value is -3.78. The minimum Gasteiger partial charge on any atom is -0.480 e. The molecule has 0 aliphatic rings. The van der Waals surface area contributed by atoms with E-state index >= 15 is 0 Å². The summed E-state index contributed by atoms with van der Waals surface area (Å²) in [5.41, 5.74) is 18.8. The van der Waals surface area contributed by atoms with Crippen LogP contribution in [0.1, 0.15) is 45.1 Å². The highest BCUT2D eigenvalue weighted by molar-refractivity contribution is 7.98. The molecular weight excluding hydrogens is 560 g/mol. The number of aromatic amines is 1. The van der Waals surface area contributed by atoms with Crippen LogP contribution in [0.2, 0.25) is 0 Å². The molecule has 11 N–H and O–H groups in total. The number of carboxylic acid groups (broad SMARTS) is 1. The van der Waals surface area contributed by atoms with E-state index in [-0.39, 0.29) is 37.7 Å². The predicted molar refractivity (Wildman–Crippen MR) is 166 cm³/mol. The van der Waals surface area contributed by atoms with E-state index in [0.717, 1.165) is 16.5 Å². The van der Waals surface area contributed by atoms with Gasteiger partial charge < -0.3 is 43.2 Å². The molecule has 5 atom stereocenters. The maximum atomic E-state index is 13.5. The van der Waals surface area contributed by atoms with Crippen LogP contribution in [0.25, 0.3) is 10.9 Å². The summed E-state index contributed by atoms with van der Waals surface area (Å²) < 4.78 is 0. The molecule has 0 saturated heterocycles. The molecule has 0 aliphatic carbocycles. The summed E-state index contributed by atoms with van der Waals surface area (Å²) in [5, 5.41) is 18.5. The highest BCUT2D eigenvalue weighted by Crippen LogP contribution is 2.19. The molecule has 0 saturated carbocycles. The lowest BCUT2D eigenvalue weighted by atomic mass is 9.96. The number of carbonyl (C=O) groups is 4. The zero-order valence-corrected chi connectivity index (χ0v) is 25.2. The number of nitrogens with one attached hydrogen (secondary N) is 4. The van der Waals surface area contributed by atoms with E-state index in [4.69, 9.17) is 17.2 Å². The first-order valence-electron chi connectivity index (χ1n) is 14.0. The summed E-state index contributed by atoms with van der Waals surface area (Å²) in [5.74, 6) is -2.75. The number of carboxylic acids is 1. The molecule has 5 unspecified atom stereocenters. The van der Waals surface area contributed by atoms with Crippen LogP contribution < -0.4 is 33.2 Å². The van der Waals surface area contributed by atoms with Crippen molar-refractivity contribution >= 4 is 52.3 Å². The van der Waals surface area contributed by atoms with Gasteiger partial charge in [0, 0.05) is 23.6 Å². The second-order valence-corrected chi connectivity index (χ2v) is 11.2. The third-order valence-electron chi connectivity index (χ3n) is 7.05. The Morgan fingerprint density at radius 2 is 1.71 bits per heavy atom. The van der Waals surface area contributed by atoms with Gasteiger partial charge in [-0.2, -0.15) is 11.8 Å². The van der Waals surface area contributed by atoms with Crippen LogP contribution in [-0.2, 0) is 25.6 Å². The molecule has 1 aromatic heterocycles. The lowest BCUT2D eigenvalue weighted by Crippen LogP contribution is -2.58. The fourth-order valence-corrected chi connectivity index (χ4v) is 4.86. The van der Waals surface area contributed by atoms with Gasteiger partial charge in [-0.25, -0.2) is 4.79 Å². The van der Waals surface area contributed by atoms with Crippen molar-refractivity contribution in [1.82, 2.24) is 20.9 Å². The van der Waals surface area contributed by atoms with E-state index in [2.05, 4.69) is 25.9 Å². The second kappa shape index (κ2) is 17.2. The zero-order valence-electron chi connectivity index (χ0n) is 24.4. The van der Waals surface area contributed by atoms with Crippen molar-refractivity contribution in [3.63, 3.8) is 0 Å². The molecule has 1 aromatic carbocycles. The number of rotatable bonds is 18. The van der Waals surface area contributed by atoms with Crippen molar-refractivity contribution in [3.05, 3.63) is 36.0 Å². The second-order valence-electron chi connectivity index (χ2n) is 10.2. The van der Waals surface area contributed by atoms with Crippen LogP contribution >= 0.6 is 11.8 Å². The number of amides is 3. The van der Waals surface area contributed by atoms with Crippen LogP contribution in [0.3, 0.4) is 0 Å². The van der Waals surface area contributed by atoms with Crippen molar-refractivity contribution < 1.29 is 24.3 Å². The number of fused-ring (bicyclic) bond motifs is 1. The summed E-state index contributed by atoms with van der Waals surface area (Å²) in [6.07, 6.45) is 5.17. The third kappa shape index (κ3) is 10.6. The minimum absolute atomic E-state index is 0.105. The van der Waals surface area contributed by atoms with Gasteiger partial charge in [-0.05, 0) is 55.2 Å². The average molecular weight is 605 g/mol. The lowest BCUT2D eigenvalue weighted by molar-refractivity contribution is -0.142. The molecule has 0 bridgehead atoms. The Labute approximate surface area is 250 Å². The van der Waals surface area contributed by atoms with Gasteiger partial charge in [0.15, 0.2) is 5.96 Å². The first-order chi connectivity index (χ1) is 20.0. The fraction of sp³-hybridized carbons (Fsp3) is 0.536. The quantitative estimate of drug-likeness (QED) is 0.0669. The van der Waals surface area contributed by atoms with Gasteiger partial charge in [-0.15, -0.1) is 0 Å². The molecule has 14 heteroatoms. The smallest absolute Gasteiger partial charge is 0.326 e. The van der Waals surface area contributed by atoms with Gasteiger partial charge >= 0.3 is 5.97 Å². The number of H-pyrrole nitrogens is 1. The Morgan fingerprint density at radius 3 is 2.36 bits per heavy atom. The van der Waals surface area contributed by atoms with Crippen molar-refractivity contribution in [2.45, 2.75) is 70.1 Å². The molecule has 13 nitrogen and oxygen atoms in total. The van der Waals surface area contributed by atoms with E-state index in [1.165, 1.54) is 11.8 Å². The van der Waals surface area contributed by atoms with Gasteiger partial charge in [0.1, 0.15) is 18.1 Å². The number of para-hydroxylation sites is 1. The molecule has 0 spiro atoms. The molecule has 2 rings (SSSR count). The molecule has 0 radical (unpaired) electrons. The fourth-order valence-electron chi connectivity index (χ4n) is 4.39. The van der Waals surface area contributed by atoms with Gasteiger partial charge in [-0.1, -0.05) is 38.5 Å². The third-order valence-corrected chi connectivity index (χ3v) is 7.69. The number of nitrogens with two attached hydrogens (primary N) is 3. The number of benzene rings is 1. The van der Waals surface area contributed by atoms with E-state index < -0.39 is 47.9 Å². The standard InChI is InChI=1S/C28H44N8O5S/c1-4-16(2)23(36-24(37)19(29)14-17-15-33-20-9-6-5-8-18(17)20)26(39)34-21(10-7-12-32-28(30)31)25(38)35-22(27(40)41)11-13-42-3/h5-6,8-9,15-16,19,21-23,33H,4,7,10-14,29H2,1-3H3,(H,34,39)(H,35,38)(H,36,37)(H,40,41)(H4,30,31,32). The van der Waals surface area contributed by atoms with Gasteiger partial charge in [0.25, 0.3) is 0 Å². The number of aliphatic carboxylic acids is 1. The maximum absolute atomic E-state index is 13.5. The molecule has 232 valence electrons. The van der Waals surface area contributed by atoms with Crippen molar-refractivity contribution in [2.24, 2.45) is 28.1 Å². The van der Waals surface area contributed by atoms with Crippen LogP contribution in [0.5, 0.6) is 0 Å². The summed E-state index contributed by atoms with van der Waals surface area (Å²) in [6.45, 7) is 3.91. The predicted octanol–water partition coefficient (Wildman–Crippen LogP) is 0.430. The number of nitrogens with zero attached hydrogens (tertiary/aromatic N) is 1. The summed E-state index contributed by atoms with van der Waals surface area (Å²) in [7, 11) is 0. The van der Waals surface area contributed by atoms with Crippen LogP contribution in [-0.4, -0.2) is 82.5 Å². The van der Waals surface area contributed by atoms with Gasteiger partial charge in [0.05, 0.1) is 6.04 Å². The SMILES string of the molecule is CCC(C)C(NC(=O)C(N)Cc1c[nH]c2ccccc12)C(=O)NC(CCCN=C(N)N)C(=O)NC(CCSC)C(=O)O. The number of carbonyl (C=O) groups excluding carboxylic acids is 3. The molecule has 42 heavy (non-hydrogen) atoms. The van der Waals surface area contributed by atoms with Crippen LogP contribution in [0, 0.1) is 5.92 Å². The molecule has 0 aliphatic heterocycles. The topological polar surface area (TPSA) is 231 Å². The molecule has 1 heterocycles.